The highest BCUT2D eigenvalue weighted by molar-refractivity contribution is 6.31. The smallest absolute Gasteiger partial charge is 0.293 e. The molecular formula is C13H10N6O3. The van der Waals surface area contributed by atoms with Crippen LogP contribution in [0.25, 0.3) is 6.08 Å². The molecule has 1 N–H and O–H groups in total. The Kier molecular flexibility index (Phi) is 2.65. The van der Waals surface area contributed by atoms with Crippen molar-refractivity contribution in [1.29, 1.82) is 0 Å². The van der Waals surface area contributed by atoms with Crippen LogP contribution in [0.2, 0.25) is 0 Å². The van der Waals surface area contributed by atoms with Crippen molar-refractivity contribution in [1.82, 2.24) is 20.6 Å². The van der Waals surface area contributed by atoms with E-state index in [9.17, 15) is 4.79 Å². The van der Waals surface area contributed by atoms with Crippen molar-refractivity contribution in [2.24, 2.45) is 5.10 Å². The average Bonchev–Trinajstić information content (AvgIpc) is 3.23. The molecule has 3 heterocycles. The zero-order chi connectivity index (χ0) is 15.1. The lowest BCUT2D eigenvalue weighted by molar-refractivity contribution is -0.114. The molecule has 4 rings (SSSR count). The molecule has 0 fully saturated rings. The summed E-state index contributed by atoms with van der Waals surface area (Å²) < 4.78 is 10.6. The van der Waals surface area contributed by atoms with Crippen LogP contribution < -0.4 is 14.5 Å². The van der Waals surface area contributed by atoms with Crippen LogP contribution in [0.5, 0.6) is 11.5 Å². The molecule has 9 heteroatoms. The van der Waals surface area contributed by atoms with Gasteiger partial charge in [-0.3, -0.25) is 4.79 Å². The molecule has 2 aromatic rings. The highest BCUT2D eigenvalue weighted by Crippen LogP contribution is 2.33. The molecule has 22 heavy (non-hydrogen) atoms. The third-order valence-corrected chi connectivity index (χ3v) is 3.29. The van der Waals surface area contributed by atoms with Crippen molar-refractivity contribution in [3.8, 4) is 11.5 Å². The van der Waals surface area contributed by atoms with Crippen molar-refractivity contribution in [2.75, 3.05) is 11.8 Å². The largest absolute Gasteiger partial charge is 0.454 e. The van der Waals surface area contributed by atoms with Crippen LogP contribution in [0, 0.1) is 0 Å². The topological polar surface area (TPSA) is 106 Å². The molecule has 1 aromatic carbocycles. The maximum atomic E-state index is 12.4. The van der Waals surface area contributed by atoms with Gasteiger partial charge in [-0.2, -0.15) is 15.3 Å². The second-order valence-corrected chi connectivity index (χ2v) is 4.68. The minimum Gasteiger partial charge on any atom is -0.454 e. The normalized spacial score (nSPS) is 18.2. The second kappa shape index (κ2) is 4.65. The Morgan fingerprint density at radius 2 is 2.18 bits per heavy atom. The first-order chi connectivity index (χ1) is 10.7. The van der Waals surface area contributed by atoms with Crippen LogP contribution in [0.3, 0.4) is 0 Å². The predicted molar refractivity (Wildman–Crippen MR) is 75.3 cm³/mol. The Morgan fingerprint density at radius 1 is 1.32 bits per heavy atom. The fraction of sp³-hybridized carbons (Fsp3) is 0.154. The van der Waals surface area contributed by atoms with Crippen LogP contribution in [-0.2, 0) is 4.79 Å². The van der Waals surface area contributed by atoms with Crippen molar-refractivity contribution >= 4 is 23.6 Å². The van der Waals surface area contributed by atoms with Gasteiger partial charge in [0.25, 0.3) is 11.9 Å². The van der Waals surface area contributed by atoms with Gasteiger partial charge in [0.05, 0.1) is 11.3 Å². The Hall–Kier alpha value is -3.23. The molecule has 0 spiro atoms. The summed E-state index contributed by atoms with van der Waals surface area (Å²) in [6.45, 7) is 1.96. The zero-order valence-electron chi connectivity index (χ0n) is 11.5. The number of ether oxygens (including phenoxy) is 2. The number of hydrogen-bond donors (Lipinski definition) is 1. The number of nitrogens with zero attached hydrogens (tertiary/aromatic N) is 5. The number of tetrazole rings is 1. The number of anilines is 1. The lowest BCUT2D eigenvalue weighted by Gasteiger charge is -2.04. The molecule has 110 valence electrons. The van der Waals surface area contributed by atoms with Crippen molar-refractivity contribution in [2.45, 2.75) is 6.92 Å². The predicted octanol–water partition coefficient (Wildman–Crippen LogP) is 0.734. The maximum Gasteiger partial charge on any atom is 0.293 e. The van der Waals surface area contributed by atoms with E-state index in [2.05, 4.69) is 25.7 Å². The van der Waals surface area contributed by atoms with E-state index in [0.717, 1.165) is 10.6 Å². The van der Waals surface area contributed by atoms with Crippen molar-refractivity contribution in [3.05, 3.63) is 29.3 Å². The first-order valence-electron chi connectivity index (χ1n) is 6.47. The average molecular weight is 298 g/mol. The van der Waals surface area contributed by atoms with Crippen LogP contribution in [0.15, 0.2) is 28.9 Å². The summed E-state index contributed by atoms with van der Waals surface area (Å²) in [6.07, 6.45) is 1.74. The molecule has 1 aromatic heterocycles. The molecule has 9 nitrogen and oxygen atoms in total. The molecule has 0 atom stereocenters. The molecule has 0 aliphatic carbocycles. The number of rotatable bonds is 2. The van der Waals surface area contributed by atoms with E-state index >= 15 is 0 Å². The van der Waals surface area contributed by atoms with Gasteiger partial charge in [0.15, 0.2) is 11.5 Å². The fourth-order valence-electron chi connectivity index (χ4n) is 2.24. The number of carbonyl (C=O) groups is 1. The third kappa shape index (κ3) is 1.91. The molecule has 0 saturated carbocycles. The van der Waals surface area contributed by atoms with Crippen LogP contribution in [-0.4, -0.2) is 39.0 Å². The lowest BCUT2D eigenvalue weighted by atomic mass is 10.1. The van der Waals surface area contributed by atoms with Crippen LogP contribution in [0.1, 0.15) is 12.5 Å². The van der Waals surface area contributed by atoms with Gasteiger partial charge in [0, 0.05) is 0 Å². The van der Waals surface area contributed by atoms with Crippen LogP contribution in [0.4, 0.5) is 5.95 Å². The van der Waals surface area contributed by atoms with Crippen molar-refractivity contribution < 1.29 is 14.3 Å². The standard InChI is InChI=1S/C13H10N6O3/c1-7-9(12(20)19(16-7)13-14-17-18-15-13)4-8-2-3-10-11(5-8)22-6-21-10/h2-5H,6H2,1H3,(H,14,15,17,18)/b9-4-. The first-order valence-corrected chi connectivity index (χ1v) is 6.47. The number of carbonyl (C=O) groups excluding carboxylic acids is 1. The number of hydrazone groups is 1. The first kappa shape index (κ1) is 12.5. The van der Waals surface area contributed by atoms with Gasteiger partial charge >= 0.3 is 0 Å². The quantitative estimate of drug-likeness (QED) is 0.819. The number of nitrogens with one attached hydrogen (secondary N) is 1. The summed E-state index contributed by atoms with van der Waals surface area (Å²) in [5.41, 5.74) is 1.85. The minimum atomic E-state index is -0.309. The van der Waals surface area contributed by atoms with E-state index in [1.165, 1.54) is 0 Å². The van der Waals surface area contributed by atoms with Gasteiger partial charge in [-0.05, 0) is 35.9 Å². The number of H-pyrrole nitrogens is 1. The summed E-state index contributed by atoms with van der Waals surface area (Å²) in [5.74, 6) is 1.15. The van der Waals surface area contributed by atoms with Gasteiger partial charge in [-0.15, -0.1) is 5.10 Å². The maximum absolute atomic E-state index is 12.4. The molecular weight excluding hydrogens is 288 g/mol. The van der Waals surface area contributed by atoms with Gasteiger partial charge in [-0.1, -0.05) is 11.2 Å². The summed E-state index contributed by atoms with van der Waals surface area (Å²) in [5, 5.41) is 18.5. The number of fused-ring (bicyclic) bond motifs is 1. The number of hydrogen-bond acceptors (Lipinski definition) is 7. The van der Waals surface area contributed by atoms with E-state index in [1.807, 2.05) is 12.1 Å². The number of aromatic amines is 1. The Morgan fingerprint density at radius 3 is 3.00 bits per heavy atom. The lowest BCUT2D eigenvalue weighted by Crippen LogP contribution is -2.22. The molecule has 1 amide bonds. The fourth-order valence-corrected chi connectivity index (χ4v) is 2.24. The Bertz CT molecular complexity index is 811. The van der Waals surface area contributed by atoms with E-state index in [0.29, 0.717) is 22.8 Å². The van der Waals surface area contributed by atoms with Gasteiger partial charge in [0.1, 0.15) is 0 Å². The second-order valence-electron chi connectivity index (χ2n) is 4.68. The molecule has 2 aliphatic heterocycles. The SMILES string of the molecule is CC1=NN(c2nn[nH]n2)C(=O)/C1=C\c1ccc2c(c1)OCO2. The highest BCUT2D eigenvalue weighted by atomic mass is 16.7. The summed E-state index contributed by atoms with van der Waals surface area (Å²) in [6, 6.07) is 5.46. The summed E-state index contributed by atoms with van der Waals surface area (Å²) >= 11 is 0. The summed E-state index contributed by atoms with van der Waals surface area (Å²) in [7, 11) is 0. The van der Waals surface area contributed by atoms with Crippen LogP contribution >= 0.6 is 0 Å². The molecule has 0 bridgehead atoms. The van der Waals surface area contributed by atoms with E-state index in [1.54, 1.807) is 19.1 Å². The van der Waals surface area contributed by atoms with Gasteiger partial charge < -0.3 is 9.47 Å². The number of amides is 1. The molecule has 0 radical (unpaired) electrons. The van der Waals surface area contributed by atoms with E-state index < -0.39 is 0 Å². The van der Waals surface area contributed by atoms with E-state index in [4.69, 9.17) is 9.47 Å². The molecule has 0 unspecified atom stereocenters. The zero-order valence-corrected chi connectivity index (χ0v) is 11.5. The number of benzene rings is 1. The van der Waals surface area contributed by atoms with Gasteiger partial charge in [-0.25, -0.2) is 0 Å². The Labute approximate surface area is 124 Å². The molecule has 2 aliphatic rings. The summed E-state index contributed by atoms with van der Waals surface area (Å²) in [4.78, 5) is 12.4. The van der Waals surface area contributed by atoms with Crippen molar-refractivity contribution in [3.63, 3.8) is 0 Å². The number of aromatic nitrogens is 4. The third-order valence-electron chi connectivity index (χ3n) is 3.29. The minimum absolute atomic E-state index is 0.110. The van der Waals surface area contributed by atoms with Gasteiger partial charge in [0.2, 0.25) is 6.79 Å². The molecule has 0 saturated heterocycles. The highest BCUT2D eigenvalue weighted by Gasteiger charge is 2.31. The monoisotopic (exact) mass is 298 g/mol. The van der Waals surface area contributed by atoms with E-state index in [-0.39, 0.29) is 18.6 Å². The Balaban J connectivity index is 1.68.